The van der Waals surface area contributed by atoms with Crippen LogP contribution in [0.25, 0.3) is 0 Å². The van der Waals surface area contributed by atoms with E-state index in [0.717, 1.165) is 12.8 Å². The zero-order chi connectivity index (χ0) is 10.5. The lowest BCUT2D eigenvalue weighted by atomic mass is 9.87. The number of aliphatic carboxylic acids is 1. The largest absolute Gasteiger partial charge is 0.481 e. The molecule has 0 atom stereocenters. The van der Waals surface area contributed by atoms with E-state index in [0.29, 0.717) is 12.8 Å². The molecule has 0 aliphatic heterocycles. The molecule has 0 saturated heterocycles. The van der Waals surface area contributed by atoms with Gasteiger partial charge in [-0.25, -0.2) is 0 Å². The van der Waals surface area contributed by atoms with Gasteiger partial charge in [-0.2, -0.15) is 0 Å². The topological polar surface area (TPSA) is 54.4 Å². The quantitative estimate of drug-likeness (QED) is 0.647. The van der Waals surface area contributed by atoms with E-state index in [1.54, 1.807) is 20.8 Å². The predicted molar refractivity (Wildman–Crippen MR) is 50.6 cm³/mol. The van der Waals surface area contributed by atoms with Gasteiger partial charge in [0, 0.05) is 6.42 Å². The second-order valence-corrected chi connectivity index (χ2v) is 4.10. The summed E-state index contributed by atoms with van der Waals surface area (Å²) in [7, 11) is 0. The Morgan fingerprint density at radius 2 is 1.77 bits per heavy atom. The van der Waals surface area contributed by atoms with E-state index < -0.39 is 11.4 Å². The number of rotatable bonds is 6. The highest BCUT2D eigenvalue weighted by Crippen LogP contribution is 2.23. The molecule has 0 aromatic rings. The van der Waals surface area contributed by atoms with Crippen LogP contribution in [-0.2, 0) is 9.59 Å². The van der Waals surface area contributed by atoms with Gasteiger partial charge in [-0.05, 0) is 33.6 Å². The second-order valence-electron chi connectivity index (χ2n) is 4.10. The molecule has 0 heterocycles. The summed E-state index contributed by atoms with van der Waals surface area (Å²) in [6.45, 7) is 4.98. The van der Waals surface area contributed by atoms with Crippen LogP contribution < -0.4 is 0 Å². The van der Waals surface area contributed by atoms with Crippen LogP contribution in [0, 0.1) is 5.41 Å². The number of carbonyl (C=O) groups excluding carboxylic acids is 1. The molecule has 0 aromatic carbocycles. The van der Waals surface area contributed by atoms with Crippen LogP contribution in [-0.4, -0.2) is 16.9 Å². The molecular weight excluding hydrogens is 168 g/mol. The molecule has 3 nitrogen and oxygen atoms in total. The molecule has 0 fully saturated rings. The molecule has 0 spiro atoms. The first-order valence-electron chi connectivity index (χ1n) is 4.59. The SMILES string of the molecule is CC(=O)CCCCC(C)(C)C(=O)O. The van der Waals surface area contributed by atoms with Crippen molar-refractivity contribution in [2.45, 2.75) is 46.5 Å². The summed E-state index contributed by atoms with van der Waals surface area (Å²) in [6.07, 6.45) is 2.80. The highest BCUT2D eigenvalue weighted by atomic mass is 16.4. The monoisotopic (exact) mass is 186 g/mol. The minimum Gasteiger partial charge on any atom is -0.481 e. The summed E-state index contributed by atoms with van der Waals surface area (Å²) in [4.78, 5) is 21.3. The van der Waals surface area contributed by atoms with Gasteiger partial charge in [0.2, 0.25) is 0 Å². The highest BCUT2D eigenvalue weighted by Gasteiger charge is 2.25. The number of carbonyl (C=O) groups is 2. The molecule has 1 N–H and O–H groups in total. The summed E-state index contributed by atoms with van der Waals surface area (Å²) in [5, 5.41) is 8.78. The van der Waals surface area contributed by atoms with Crippen LogP contribution in [0.15, 0.2) is 0 Å². The average molecular weight is 186 g/mol. The van der Waals surface area contributed by atoms with Gasteiger partial charge < -0.3 is 9.90 Å². The van der Waals surface area contributed by atoms with Crippen LogP contribution >= 0.6 is 0 Å². The van der Waals surface area contributed by atoms with E-state index in [-0.39, 0.29) is 5.78 Å². The number of carboxylic acid groups (broad SMARTS) is 1. The maximum absolute atomic E-state index is 10.7. The van der Waals surface area contributed by atoms with Crippen molar-refractivity contribution in [2.24, 2.45) is 5.41 Å². The van der Waals surface area contributed by atoms with Crippen molar-refractivity contribution in [1.82, 2.24) is 0 Å². The van der Waals surface area contributed by atoms with E-state index in [2.05, 4.69) is 0 Å². The molecule has 0 radical (unpaired) electrons. The van der Waals surface area contributed by atoms with Crippen molar-refractivity contribution in [1.29, 1.82) is 0 Å². The maximum atomic E-state index is 10.7. The predicted octanol–water partition coefficient (Wildman–Crippen LogP) is 2.25. The Labute approximate surface area is 79.1 Å². The van der Waals surface area contributed by atoms with Gasteiger partial charge in [-0.3, -0.25) is 4.79 Å². The van der Waals surface area contributed by atoms with Crippen LogP contribution in [0.4, 0.5) is 0 Å². The van der Waals surface area contributed by atoms with E-state index in [9.17, 15) is 9.59 Å². The zero-order valence-corrected chi connectivity index (χ0v) is 8.59. The fourth-order valence-corrected chi connectivity index (χ4v) is 1.05. The first-order chi connectivity index (χ1) is 5.86. The number of Topliss-reactive ketones (excluding diaryl/α,β-unsaturated/α-hetero) is 1. The molecule has 76 valence electrons. The van der Waals surface area contributed by atoms with E-state index in [1.807, 2.05) is 0 Å². The van der Waals surface area contributed by atoms with E-state index >= 15 is 0 Å². The van der Waals surface area contributed by atoms with Gasteiger partial charge >= 0.3 is 5.97 Å². The van der Waals surface area contributed by atoms with Crippen LogP contribution in [0.3, 0.4) is 0 Å². The van der Waals surface area contributed by atoms with Crippen molar-refractivity contribution < 1.29 is 14.7 Å². The number of ketones is 1. The molecular formula is C10H18O3. The average Bonchev–Trinajstić information content (AvgIpc) is 1.97. The molecule has 0 aliphatic rings. The van der Waals surface area contributed by atoms with Crippen molar-refractivity contribution in [3.8, 4) is 0 Å². The molecule has 0 bridgehead atoms. The standard InChI is InChI=1S/C10H18O3/c1-8(11)6-4-5-7-10(2,3)9(12)13/h4-7H2,1-3H3,(H,12,13). The first kappa shape index (κ1) is 12.1. The molecule has 0 saturated carbocycles. The number of unbranched alkanes of at least 4 members (excludes halogenated alkanes) is 1. The summed E-state index contributed by atoms with van der Waals surface area (Å²) in [5.74, 6) is -0.594. The third kappa shape index (κ3) is 5.39. The fourth-order valence-electron chi connectivity index (χ4n) is 1.05. The molecule has 0 rings (SSSR count). The third-order valence-electron chi connectivity index (χ3n) is 2.16. The Balaban J connectivity index is 3.64. The van der Waals surface area contributed by atoms with Crippen molar-refractivity contribution >= 4 is 11.8 Å². The van der Waals surface area contributed by atoms with Crippen molar-refractivity contribution in [3.05, 3.63) is 0 Å². The lowest BCUT2D eigenvalue weighted by Gasteiger charge is -2.18. The van der Waals surface area contributed by atoms with Gasteiger partial charge in [-0.1, -0.05) is 6.42 Å². The van der Waals surface area contributed by atoms with Gasteiger partial charge in [-0.15, -0.1) is 0 Å². The molecule has 0 unspecified atom stereocenters. The summed E-state index contributed by atoms with van der Waals surface area (Å²) in [5.41, 5.74) is -0.656. The molecule has 0 aliphatic carbocycles. The van der Waals surface area contributed by atoms with Gasteiger partial charge in [0.15, 0.2) is 0 Å². The Bertz CT molecular complexity index is 194. The van der Waals surface area contributed by atoms with Gasteiger partial charge in [0.05, 0.1) is 5.41 Å². The van der Waals surface area contributed by atoms with E-state index in [4.69, 9.17) is 5.11 Å². The Morgan fingerprint density at radius 3 is 2.15 bits per heavy atom. The van der Waals surface area contributed by atoms with E-state index in [1.165, 1.54) is 0 Å². The van der Waals surface area contributed by atoms with Crippen molar-refractivity contribution in [3.63, 3.8) is 0 Å². The van der Waals surface area contributed by atoms with Crippen LogP contribution in [0.1, 0.15) is 46.5 Å². The second kappa shape index (κ2) is 5.00. The number of hydrogen-bond donors (Lipinski definition) is 1. The normalized spacial score (nSPS) is 11.3. The smallest absolute Gasteiger partial charge is 0.309 e. The van der Waals surface area contributed by atoms with Crippen molar-refractivity contribution in [2.75, 3.05) is 0 Å². The van der Waals surface area contributed by atoms with Crippen LogP contribution in [0.2, 0.25) is 0 Å². The first-order valence-corrected chi connectivity index (χ1v) is 4.59. The minimum absolute atomic E-state index is 0.174. The summed E-state index contributed by atoms with van der Waals surface area (Å²) < 4.78 is 0. The summed E-state index contributed by atoms with van der Waals surface area (Å²) in [6, 6.07) is 0. The molecule has 13 heavy (non-hydrogen) atoms. The van der Waals surface area contributed by atoms with Gasteiger partial charge in [0.25, 0.3) is 0 Å². The lowest BCUT2D eigenvalue weighted by molar-refractivity contribution is -0.147. The lowest BCUT2D eigenvalue weighted by Crippen LogP contribution is -2.23. The Hall–Kier alpha value is -0.860. The molecule has 0 amide bonds. The van der Waals surface area contributed by atoms with Gasteiger partial charge in [0.1, 0.15) is 5.78 Å². The highest BCUT2D eigenvalue weighted by molar-refractivity contribution is 5.75. The number of hydrogen-bond acceptors (Lipinski definition) is 2. The Morgan fingerprint density at radius 1 is 1.23 bits per heavy atom. The zero-order valence-electron chi connectivity index (χ0n) is 8.59. The summed E-state index contributed by atoms with van der Waals surface area (Å²) >= 11 is 0. The molecule has 3 heteroatoms. The molecule has 0 aromatic heterocycles. The maximum Gasteiger partial charge on any atom is 0.309 e. The van der Waals surface area contributed by atoms with Crippen LogP contribution in [0.5, 0.6) is 0 Å². The number of carboxylic acids is 1. The Kier molecular flexibility index (Phi) is 4.67. The third-order valence-corrected chi connectivity index (χ3v) is 2.16. The fraction of sp³-hybridized carbons (Fsp3) is 0.800. The minimum atomic E-state index is -0.768.